The molecule has 1 aliphatic heterocycles. The molecule has 0 amide bonds. The number of ether oxygens (including phenoxy) is 1. The molecule has 1 saturated heterocycles. The molecule has 0 saturated carbocycles. The number of aliphatic carboxylic acids is 1. The summed E-state index contributed by atoms with van der Waals surface area (Å²) < 4.78 is 34.7. The molecule has 4 rings (SSSR count). The summed E-state index contributed by atoms with van der Waals surface area (Å²) in [6, 6.07) is 5.58. The van der Waals surface area contributed by atoms with Crippen molar-refractivity contribution in [3.8, 4) is 5.19 Å². The molecule has 3 heterocycles. The van der Waals surface area contributed by atoms with E-state index in [9.17, 15) is 18.3 Å². The van der Waals surface area contributed by atoms with E-state index in [4.69, 9.17) is 4.74 Å². The van der Waals surface area contributed by atoms with Gasteiger partial charge in [-0.25, -0.2) is 13.4 Å². The third-order valence-electron chi connectivity index (χ3n) is 5.06. The Hall–Kier alpha value is -2.50. The molecule has 0 radical (unpaired) electrons. The van der Waals surface area contributed by atoms with E-state index < -0.39 is 16.0 Å². The number of carboxylic acids is 1. The van der Waals surface area contributed by atoms with E-state index >= 15 is 0 Å². The van der Waals surface area contributed by atoms with Crippen molar-refractivity contribution < 1.29 is 23.1 Å². The standard InChI is InChI=1S/C19H22N4O5S2/c1-3-28-19-20-10-18(29-19)30(26,27)22-7-6-13(11-22)23-16-8-12(2)4-5-14(16)15(21-23)9-17(24)25/h4-5,8,10,13H,3,6-7,9,11H2,1-2H3,(H,24,25)/t13-/m1/s1. The first-order chi connectivity index (χ1) is 14.3. The summed E-state index contributed by atoms with van der Waals surface area (Å²) >= 11 is 1.01. The third kappa shape index (κ3) is 3.80. The average molecular weight is 451 g/mol. The van der Waals surface area contributed by atoms with E-state index in [1.807, 2.05) is 32.0 Å². The molecule has 1 atom stereocenters. The van der Waals surface area contributed by atoms with Crippen LogP contribution < -0.4 is 4.74 Å². The van der Waals surface area contributed by atoms with Crippen LogP contribution in [0.25, 0.3) is 10.9 Å². The van der Waals surface area contributed by atoms with Gasteiger partial charge in [-0.1, -0.05) is 23.5 Å². The minimum Gasteiger partial charge on any atom is -0.481 e. The summed E-state index contributed by atoms with van der Waals surface area (Å²) in [5.41, 5.74) is 2.34. The quantitative estimate of drug-likeness (QED) is 0.588. The molecular weight excluding hydrogens is 428 g/mol. The molecule has 0 bridgehead atoms. The summed E-state index contributed by atoms with van der Waals surface area (Å²) in [4.78, 5) is 15.3. The number of aromatic nitrogens is 3. The van der Waals surface area contributed by atoms with Crippen molar-refractivity contribution in [2.45, 2.75) is 36.9 Å². The van der Waals surface area contributed by atoms with Crippen LogP contribution in [0.3, 0.4) is 0 Å². The van der Waals surface area contributed by atoms with Crippen LogP contribution in [0.1, 0.15) is 30.6 Å². The van der Waals surface area contributed by atoms with Gasteiger partial charge in [0.1, 0.15) is 0 Å². The number of hydrogen-bond acceptors (Lipinski definition) is 7. The van der Waals surface area contributed by atoms with Crippen LogP contribution in [0.2, 0.25) is 0 Å². The summed E-state index contributed by atoms with van der Waals surface area (Å²) in [7, 11) is -3.68. The van der Waals surface area contributed by atoms with Gasteiger partial charge in [0.2, 0.25) is 0 Å². The first-order valence-electron chi connectivity index (χ1n) is 9.58. The van der Waals surface area contributed by atoms with Gasteiger partial charge in [0.15, 0.2) is 4.21 Å². The maximum Gasteiger partial charge on any atom is 0.309 e. The molecule has 1 N–H and O–H groups in total. The normalized spacial score (nSPS) is 17.6. The second-order valence-electron chi connectivity index (χ2n) is 7.17. The van der Waals surface area contributed by atoms with Gasteiger partial charge >= 0.3 is 5.97 Å². The summed E-state index contributed by atoms with van der Waals surface area (Å²) in [6.07, 6.45) is 1.74. The molecule has 0 aliphatic carbocycles. The second kappa shape index (κ2) is 7.97. The number of nitrogens with zero attached hydrogens (tertiary/aromatic N) is 4. The smallest absolute Gasteiger partial charge is 0.309 e. The molecule has 0 spiro atoms. The number of carboxylic acid groups (broad SMARTS) is 1. The number of thiazole rings is 1. The third-order valence-corrected chi connectivity index (χ3v) is 8.27. The fourth-order valence-corrected chi connectivity index (χ4v) is 6.34. The van der Waals surface area contributed by atoms with Gasteiger partial charge in [0, 0.05) is 18.5 Å². The largest absolute Gasteiger partial charge is 0.481 e. The highest BCUT2D eigenvalue weighted by Gasteiger charge is 2.36. The van der Waals surface area contributed by atoms with E-state index in [2.05, 4.69) is 10.1 Å². The fourth-order valence-electron chi connectivity index (χ4n) is 3.67. The Morgan fingerprint density at radius 3 is 2.93 bits per heavy atom. The Morgan fingerprint density at radius 2 is 2.20 bits per heavy atom. The predicted octanol–water partition coefficient (Wildman–Crippen LogP) is 2.46. The highest BCUT2D eigenvalue weighted by Crippen LogP contribution is 2.34. The van der Waals surface area contributed by atoms with Crippen LogP contribution in [0.4, 0.5) is 0 Å². The molecule has 1 fully saturated rings. The zero-order chi connectivity index (χ0) is 21.5. The Labute approximate surface area is 178 Å². The topological polar surface area (TPSA) is 115 Å². The van der Waals surface area contributed by atoms with Crippen molar-refractivity contribution in [2.24, 2.45) is 0 Å². The molecule has 11 heteroatoms. The summed E-state index contributed by atoms with van der Waals surface area (Å²) in [5, 5.41) is 14.9. The molecule has 30 heavy (non-hydrogen) atoms. The zero-order valence-corrected chi connectivity index (χ0v) is 18.2. The van der Waals surface area contributed by atoms with E-state index in [0.717, 1.165) is 27.8 Å². The zero-order valence-electron chi connectivity index (χ0n) is 16.6. The number of fused-ring (bicyclic) bond motifs is 1. The molecule has 2 aromatic heterocycles. The van der Waals surface area contributed by atoms with Crippen molar-refractivity contribution >= 4 is 38.2 Å². The van der Waals surface area contributed by atoms with Gasteiger partial charge in [-0.3, -0.25) is 9.48 Å². The number of aryl methyl sites for hydroxylation is 1. The van der Waals surface area contributed by atoms with E-state index in [1.54, 1.807) is 4.68 Å². The van der Waals surface area contributed by atoms with Crippen LogP contribution >= 0.6 is 11.3 Å². The monoisotopic (exact) mass is 450 g/mol. The number of rotatable bonds is 7. The number of hydrogen-bond donors (Lipinski definition) is 1. The number of benzene rings is 1. The van der Waals surface area contributed by atoms with Crippen molar-refractivity contribution in [2.75, 3.05) is 19.7 Å². The average Bonchev–Trinajstić information content (AvgIpc) is 3.40. The first-order valence-corrected chi connectivity index (χ1v) is 11.8. The Balaban J connectivity index is 1.63. The Bertz CT molecular complexity index is 1200. The molecule has 1 aromatic carbocycles. The van der Waals surface area contributed by atoms with Gasteiger partial charge in [-0.15, -0.1) is 0 Å². The van der Waals surface area contributed by atoms with Gasteiger partial charge in [-0.05, 0) is 31.9 Å². The SMILES string of the molecule is CCOc1ncc(S(=O)(=O)N2CC[C@@H](n3nc(CC(=O)O)c4ccc(C)cc43)C2)s1. The lowest BCUT2D eigenvalue weighted by Crippen LogP contribution is -2.29. The highest BCUT2D eigenvalue weighted by molar-refractivity contribution is 7.91. The second-order valence-corrected chi connectivity index (χ2v) is 10.3. The Kier molecular flexibility index (Phi) is 5.51. The van der Waals surface area contributed by atoms with Gasteiger partial charge in [0.05, 0.1) is 36.5 Å². The minimum absolute atomic E-state index is 0.152. The maximum absolute atomic E-state index is 13.0. The highest BCUT2D eigenvalue weighted by atomic mass is 32.2. The van der Waals surface area contributed by atoms with Crippen molar-refractivity contribution in [1.29, 1.82) is 0 Å². The molecule has 1 aliphatic rings. The summed E-state index contributed by atoms with van der Waals surface area (Å²) in [6.45, 7) is 4.81. The molecule has 9 nitrogen and oxygen atoms in total. The Morgan fingerprint density at radius 1 is 1.40 bits per heavy atom. The van der Waals surface area contributed by atoms with Crippen LogP contribution in [-0.4, -0.2) is 58.3 Å². The van der Waals surface area contributed by atoms with Crippen LogP contribution in [-0.2, 0) is 21.2 Å². The van der Waals surface area contributed by atoms with Crippen molar-refractivity contribution in [1.82, 2.24) is 19.1 Å². The van der Waals surface area contributed by atoms with Crippen LogP contribution in [0.5, 0.6) is 5.19 Å². The lowest BCUT2D eigenvalue weighted by Gasteiger charge is -2.16. The lowest BCUT2D eigenvalue weighted by molar-refractivity contribution is -0.136. The van der Waals surface area contributed by atoms with Gasteiger partial charge < -0.3 is 9.84 Å². The number of sulfonamides is 1. The fraction of sp³-hybridized carbons (Fsp3) is 0.421. The van der Waals surface area contributed by atoms with E-state index in [-0.39, 0.29) is 23.2 Å². The number of carbonyl (C=O) groups is 1. The molecular formula is C19H22N4O5S2. The molecule has 3 aromatic rings. The van der Waals surface area contributed by atoms with Crippen LogP contribution in [0, 0.1) is 6.92 Å². The molecule has 0 unspecified atom stereocenters. The molecule has 160 valence electrons. The van der Waals surface area contributed by atoms with E-state index in [0.29, 0.717) is 30.5 Å². The lowest BCUT2D eigenvalue weighted by atomic mass is 10.1. The van der Waals surface area contributed by atoms with Gasteiger partial charge in [-0.2, -0.15) is 9.40 Å². The minimum atomic E-state index is -3.68. The predicted molar refractivity (Wildman–Crippen MR) is 112 cm³/mol. The van der Waals surface area contributed by atoms with Crippen LogP contribution in [0.15, 0.2) is 28.6 Å². The van der Waals surface area contributed by atoms with E-state index in [1.165, 1.54) is 10.5 Å². The maximum atomic E-state index is 13.0. The van der Waals surface area contributed by atoms with Crippen molar-refractivity contribution in [3.63, 3.8) is 0 Å². The van der Waals surface area contributed by atoms with Gasteiger partial charge in [0.25, 0.3) is 15.2 Å². The summed E-state index contributed by atoms with van der Waals surface area (Å²) in [5.74, 6) is -0.951. The van der Waals surface area contributed by atoms with Crippen molar-refractivity contribution in [3.05, 3.63) is 35.7 Å². The first kappa shape index (κ1) is 20.8.